The summed E-state index contributed by atoms with van der Waals surface area (Å²) >= 11 is 0. The van der Waals surface area contributed by atoms with E-state index in [9.17, 15) is 4.79 Å². The molecule has 0 unspecified atom stereocenters. The van der Waals surface area contributed by atoms with Gasteiger partial charge in [0.2, 0.25) is 0 Å². The molecule has 2 nitrogen and oxygen atoms in total. The summed E-state index contributed by atoms with van der Waals surface area (Å²) in [5.74, 6) is 1.04. The van der Waals surface area contributed by atoms with Crippen LogP contribution in [0.2, 0.25) is 0 Å². The molecule has 0 bridgehead atoms. The molecule has 1 aromatic rings. The Balaban J connectivity index is 1.91. The number of benzene rings is 1. The summed E-state index contributed by atoms with van der Waals surface area (Å²) in [6.45, 7) is 13.8. The van der Waals surface area contributed by atoms with E-state index in [4.69, 9.17) is 0 Å². The second-order valence-electron chi connectivity index (χ2n) is 7.64. The Morgan fingerprint density at radius 1 is 1.14 bits per heavy atom. The Morgan fingerprint density at radius 2 is 1.76 bits per heavy atom. The van der Waals surface area contributed by atoms with Gasteiger partial charge in [-0.15, -0.1) is 0 Å². The minimum Gasteiger partial charge on any atom is -0.296 e. The van der Waals surface area contributed by atoms with Crippen LogP contribution in [0.15, 0.2) is 18.2 Å². The fraction of sp³-hybridized carbons (Fsp3) is 0.632. The van der Waals surface area contributed by atoms with Gasteiger partial charge in [0.1, 0.15) is 0 Å². The zero-order valence-electron chi connectivity index (χ0n) is 14.2. The van der Waals surface area contributed by atoms with Crippen molar-refractivity contribution in [2.24, 2.45) is 11.3 Å². The maximum absolute atomic E-state index is 12.4. The molecule has 1 fully saturated rings. The number of carbonyl (C=O) groups is 1. The van der Waals surface area contributed by atoms with Gasteiger partial charge in [-0.05, 0) is 68.3 Å². The quantitative estimate of drug-likeness (QED) is 0.775. The van der Waals surface area contributed by atoms with Gasteiger partial charge in [0.15, 0.2) is 5.78 Å². The van der Waals surface area contributed by atoms with Crippen molar-refractivity contribution in [2.75, 3.05) is 19.6 Å². The zero-order valence-corrected chi connectivity index (χ0v) is 14.2. The molecule has 1 saturated heterocycles. The van der Waals surface area contributed by atoms with E-state index < -0.39 is 0 Å². The Labute approximate surface area is 129 Å². The van der Waals surface area contributed by atoms with Crippen molar-refractivity contribution in [2.45, 2.75) is 47.5 Å². The highest BCUT2D eigenvalue weighted by Gasteiger charge is 2.29. The lowest BCUT2D eigenvalue weighted by Crippen LogP contribution is -2.40. The highest BCUT2D eigenvalue weighted by molar-refractivity contribution is 5.97. The lowest BCUT2D eigenvalue weighted by atomic mass is 9.75. The lowest BCUT2D eigenvalue weighted by molar-refractivity contribution is 0.0822. The molecular formula is C19H29NO. The summed E-state index contributed by atoms with van der Waals surface area (Å²) < 4.78 is 0. The first kappa shape index (κ1) is 16.2. The minimum atomic E-state index is 0.257. The number of aryl methyl sites for hydroxylation is 2. The van der Waals surface area contributed by atoms with E-state index in [1.54, 1.807) is 0 Å². The largest absolute Gasteiger partial charge is 0.296 e. The number of ketones is 1. The number of likely N-dealkylation sites (tertiary alicyclic amines) is 1. The molecule has 1 aromatic carbocycles. The Hall–Kier alpha value is -1.15. The third kappa shape index (κ3) is 4.16. The molecule has 0 N–H and O–H groups in total. The van der Waals surface area contributed by atoms with Crippen molar-refractivity contribution in [3.8, 4) is 0 Å². The van der Waals surface area contributed by atoms with Gasteiger partial charge < -0.3 is 0 Å². The summed E-state index contributed by atoms with van der Waals surface area (Å²) in [7, 11) is 0. The van der Waals surface area contributed by atoms with Crippen LogP contribution in [0.1, 0.15) is 55.1 Å². The average molecular weight is 287 g/mol. The first-order valence-corrected chi connectivity index (χ1v) is 8.10. The van der Waals surface area contributed by atoms with E-state index in [1.165, 1.54) is 24.0 Å². The molecule has 1 aliphatic heterocycles. The summed E-state index contributed by atoms with van der Waals surface area (Å²) in [5.41, 5.74) is 3.70. The maximum atomic E-state index is 12.4. The fourth-order valence-electron chi connectivity index (χ4n) is 3.17. The Bertz CT molecular complexity index is 505. The van der Waals surface area contributed by atoms with E-state index in [0.717, 1.165) is 24.6 Å². The maximum Gasteiger partial charge on any atom is 0.176 e. The highest BCUT2D eigenvalue weighted by Crippen LogP contribution is 2.34. The normalized spacial score (nSPS) is 18.0. The van der Waals surface area contributed by atoms with Crippen LogP contribution in [0, 0.1) is 25.2 Å². The molecule has 0 saturated carbocycles. The van der Waals surface area contributed by atoms with E-state index in [-0.39, 0.29) is 5.78 Å². The van der Waals surface area contributed by atoms with E-state index in [0.29, 0.717) is 12.0 Å². The molecule has 1 aliphatic rings. The zero-order chi connectivity index (χ0) is 15.6. The summed E-state index contributed by atoms with van der Waals surface area (Å²) in [4.78, 5) is 14.7. The molecule has 2 rings (SSSR count). The van der Waals surface area contributed by atoms with Gasteiger partial charge in [0.05, 0.1) is 6.54 Å². The minimum absolute atomic E-state index is 0.257. The van der Waals surface area contributed by atoms with Crippen molar-refractivity contribution in [3.05, 3.63) is 34.9 Å². The predicted molar refractivity (Wildman–Crippen MR) is 88.9 cm³/mol. The molecular weight excluding hydrogens is 258 g/mol. The summed E-state index contributed by atoms with van der Waals surface area (Å²) in [5, 5.41) is 0. The van der Waals surface area contributed by atoms with Gasteiger partial charge in [-0.25, -0.2) is 0 Å². The number of carbonyl (C=O) groups excluding carboxylic acids is 1. The Kier molecular flexibility index (Phi) is 4.88. The predicted octanol–water partition coefficient (Wildman–Crippen LogP) is 4.24. The van der Waals surface area contributed by atoms with E-state index >= 15 is 0 Å². The van der Waals surface area contributed by atoms with Crippen molar-refractivity contribution in [1.29, 1.82) is 0 Å². The summed E-state index contributed by atoms with van der Waals surface area (Å²) in [6, 6.07) is 6.04. The number of piperidine rings is 1. The van der Waals surface area contributed by atoms with Crippen LogP contribution in [0.3, 0.4) is 0 Å². The molecule has 116 valence electrons. The van der Waals surface area contributed by atoms with Gasteiger partial charge in [0, 0.05) is 5.56 Å². The number of nitrogens with zero attached hydrogens (tertiary/aromatic N) is 1. The monoisotopic (exact) mass is 287 g/mol. The fourth-order valence-corrected chi connectivity index (χ4v) is 3.17. The molecule has 2 heteroatoms. The number of hydrogen-bond acceptors (Lipinski definition) is 2. The van der Waals surface area contributed by atoms with E-state index in [2.05, 4.69) is 45.6 Å². The molecule has 0 radical (unpaired) electrons. The van der Waals surface area contributed by atoms with Crippen LogP contribution < -0.4 is 0 Å². The topological polar surface area (TPSA) is 20.3 Å². The number of Topliss-reactive ketones (excluding diaryl/α,β-unsaturated/α-hetero) is 1. The van der Waals surface area contributed by atoms with Crippen LogP contribution >= 0.6 is 0 Å². The third-order valence-corrected chi connectivity index (χ3v) is 5.01. The standard InChI is InChI=1S/C19H29NO/c1-14-6-7-16(12-15(14)2)18(21)13-20-10-8-17(9-11-20)19(3,4)5/h6-7,12,17H,8-11,13H2,1-5H3. The molecule has 0 amide bonds. The van der Waals surface area contributed by atoms with Crippen molar-refractivity contribution in [3.63, 3.8) is 0 Å². The van der Waals surface area contributed by atoms with Crippen molar-refractivity contribution < 1.29 is 4.79 Å². The van der Waals surface area contributed by atoms with E-state index in [1.807, 2.05) is 12.1 Å². The second-order valence-corrected chi connectivity index (χ2v) is 7.64. The van der Waals surface area contributed by atoms with Crippen LogP contribution in [-0.2, 0) is 0 Å². The Morgan fingerprint density at radius 3 is 2.29 bits per heavy atom. The van der Waals surface area contributed by atoms with Crippen LogP contribution in [0.4, 0.5) is 0 Å². The van der Waals surface area contributed by atoms with Crippen molar-refractivity contribution in [1.82, 2.24) is 4.90 Å². The molecule has 1 heterocycles. The van der Waals surface area contributed by atoms with Gasteiger partial charge in [0.25, 0.3) is 0 Å². The van der Waals surface area contributed by atoms with Gasteiger partial charge in [-0.3, -0.25) is 9.69 Å². The van der Waals surface area contributed by atoms with Crippen LogP contribution in [-0.4, -0.2) is 30.3 Å². The molecule has 0 atom stereocenters. The first-order chi connectivity index (χ1) is 9.77. The highest BCUT2D eigenvalue weighted by atomic mass is 16.1. The van der Waals surface area contributed by atoms with Crippen LogP contribution in [0.5, 0.6) is 0 Å². The summed E-state index contributed by atoms with van der Waals surface area (Å²) in [6.07, 6.45) is 2.42. The van der Waals surface area contributed by atoms with Gasteiger partial charge in [-0.1, -0.05) is 32.9 Å². The van der Waals surface area contributed by atoms with Crippen LogP contribution in [0.25, 0.3) is 0 Å². The molecule has 0 spiro atoms. The van der Waals surface area contributed by atoms with Gasteiger partial charge in [-0.2, -0.15) is 0 Å². The average Bonchev–Trinajstić information content (AvgIpc) is 2.41. The number of hydrogen-bond donors (Lipinski definition) is 0. The molecule has 21 heavy (non-hydrogen) atoms. The first-order valence-electron chi connectivity index (χ1n) is 8.10. The van der Waals surface area contributed by atoms with Crippen molar-refractivity contribution >= 4 is 5.78 Å². The molecule has 0 aromatic heterocycles. The second kappa shape index (κ2) is 6.31. The lowest BCUT2D eigenvalue weighted by Gasteiger charge is -2.38. The SMILES string of the molecule is Cc1ccc(C(=O)CN2CCC(C(C)(C)C)CC2)cc1C. The smallest absolute Gasteiger partial charge is 0.176 e. The van der Waals surface area contributed by atoms with Gasteiger partial charge >= 0.3 is 0 Å². The third-order valence-electron chi connectivity index (χ3n) is 5.01. The molecule has 0 aliphatic carbocycles. The number of rotatable bonds is 3.